The number of morpholine rings is 1. The molecule has 10 heteroatoms. The Kier molecular flexibility index (Phi) is 7.12. The van der Waals surface area contributed by atoms with Gasteiger partial charge in [-0.05, 0) is 6.92 Å². The third-order valence-corrected chi connectivity index (χ3v) is 4.55. The largest absolute Gasteiger partial charge is 0.493 e. The first kappa shape index (κ1) is 21.4. The monoisotopic (exact) mass is 417 g/mol. The number of aromatic nitrogens is 2. The first-order chi connectivity index (χ1) is 14.5. The number of hydrogen-bond acceptors (Lipinski definition) is 8. The smallest absolute Gasteiger partial charge is 0.319 e. The van der Waals surface area contributed by atoms with Gasteiger partial charge < -0.3 is 34.5 Å². The summed E-state index contributed by atoms with van der Waals surface area (Å²) in [5, 5.41) is 5.53. The van der Waals surface area contributed by atoms with Crippen molar-refractivity contribution in [3.8, 4) is 17.2 Å². The summed E-state index contributed by atoms with van der Waals surface area (Å²) in [5.74, 6) is 2.73. The number of nitrogens with one attached hydrogen (secondary N) is 2. The molecule has 2 aromatic rings. The van der Waals surface area contributed by atoms with Crippen LogP contribution in [0, 0.1) is 6.92 Å². The number of aryl methyl sites for hydroxylation is 1. The molecule has 0 spiro atoms. The average Bonchev–Trinajstić information content (AvgIpc) is 2.77. The van der Waals surface area contributed by atoms with E-state index in [1.165, 1.54) is 21.3 Å². The first-order valence-electron chi connectivity index (χ1n) is 9.56. The molecule has 1 saturated heterocycles. The van der Waals surface area contributed by atoms with Gasteiger partial charge in [0.25, 0.3) is 0 Å². The van der Waals surface area contributed by atoms with Gasteiger partial charge in [-0.3, -0.25) is 0 Å². The van der Waals surface area contributed by atoms with Crippen LogP contribution in [0.1, 0.15) is 11.5 Å². The lowest BCUT2D eigenvalue weighted by molar-refractivity contribution is 0.122. The van der Waals surface area contributed by atoms with Crippen molar-refractivity contribution in [3.05, 3.63) is 29.7 Å². The van der Waals surface area contributed by atoms with Crippen molar-refractivity contribution in [2.24, 2.45) is 0 Å². The van der Waals surface area contributed by atoms with E-state index < -0.39 is 6.03 Å². The number of ether oxygens (including phenoxy) is 4. The van der Waals surface area contributed by atoms with Crippen LogP contribution < -0.4 is 29.7 Å². The highest BCUT2D eigenvalue weighted by molar-refractivity contribution is 5.90. The molecule has 2 N–H and O–H groups in total. The number of rotatable bonds is 7. The zero-order valence-electron chi connectivity index (χ0n) is 17.7. The highest BCUT2D eigenvalue weighted by Crippen LogP contribution is 2.39. The molecule has 162 valence electrons. The van der Waals surface area contributed by atoms with Gasteiger partial charge >= 0.3 is 6.03 Å². The van der Waals surface area contributed by atoms with E-state index in [9.17, 15) is 4.79 Å². The highest BCUT2D eigenvalue weighted by atomic mass is 16.5. The zero-order chi connectivity index (χ0) is 21.5. The molecule has 0 radical (unpaired) electrons. The van der Waals surface area contributed by atoms with Gasteiger partial charge in [-0.1, -0.05) is 0 Å². The maximum Gasteiger partial charge on any atom is 0.319 e. The van der Waals surface area contributed by atoms with Crippen LogP contribution in [0.5, 0.6) is 17.2 Å². The van der Waals surface area contributed by atoms with E-state index in [1.807, 2.05) is 13.0 Å². The van der Waals surface area contributed by atoms with E-state index in [-0.39, 0.29) is 6.54 Å². The zero-order valence-corrected chi connectivity index (χ0v) is 17.7. The van der Waals surface area contributed by atoms with E-state index in [0.29, 0.717) is 42.0 Å². The summed E-state index contributed by atoms with van der Waals surface area (Å²) in [5.41, 5.74) is 1.34. The molecule has 30 heavy (non-hydrogen) atoms. The summed E-state index contributed by atoms with van der Waals surface area (Å²) in [6.45, 7) is 5.01. The van der Waals surface area contributed by atoms with Crippen LogP contribution in [0.3, 0.4) is 0 Å². The van der Waals surface area contributed by atoms with Crippen molar-refractivity contribution < 1.29 is 23.7 Å². The molecular weight excluding hydrogens is 390 g/mol. The standard InChI is InChI=1S/C20H27N5O5/c1-13-9-18(25-5-7-30-8-6-25)24-17(22-13)12-21-20(26)23-14-10-15(27-2)19(29-4)16(11-14)28-3/h9-11H,5-8,12H2,1-4H3,(H2,21,23,26). The number of nitrogens with zero attached hydrogens (tertiary/aromatic N) is 3. The summed E-state index contributed by atoms with van der Waals surface area (Å²) in [7, 11) is 4.55. The number of urea groups is 1. The average molecular weight is 417 g/mol. The van der Waals surface area contributed by atoms with Crippen molar-refractivity contribution >= 4 is 17.5 Å². The van der Waals surface area contributed by atoms with Crippen LogP contribution in [0.15, 0.2) is 18.2 Å². The van der Waals surface area contributed by atoms with E-state index in [1.54, 1.807) is 12.1 Å². The topological polar surface area (TPSA) is 107 Å². The minimum Gasteiger partial charge on any atom is -0.493 e. The molecule has 1 aromatic carbocycles. The number of hydrogen-bond donors (Lipinski definition) is 2. The number of carbonyl (C=O) groups is 1. The maximum absolute atomic E-state index is 12.4. The molecule has 0 bridgehead atoms. The highest BCUT2D eigenvalue weighted by Gasteiger charge is 2.16. The minimum absolute atomic E-state index is 0.190. The third-order valence-electron chi connectivity index (χ3n) is 4.55. The molecule has 0 unspecified atom stereocenters. The second-order valence-corrected chi connectivity index (χ2v) is 6.60. The van der Waals surface area contributed by atoms with Gasteiger partial charge in [0.05, 0.1) is 46.8 Å². The Morgan fingerprint density at radius 2 is 1.73 bits per heavy atom. The van der Waals surface area contributed by atoms with Crippen molar-refractivity contribution in [1.29, 1.82) is 0 Å². The Morgan fingerprint density at radius 3 is 2.33 bits per heavy atom. The van der Waals surface area contributed by atoms with Gasteiger partial charge in [0.1, 0.15) is 11.6 Å². The molecule has 1 fully saturated rings. The van der Waals surface area contributed by atoms with Gasteiger partial charge in [-0.2, -0.15) is 0 Å². The Bertz CT molecular complexity index is 861. The number of carbonyl (C=O) groups excluding carboxylic acids is 1. The third kappa shape index (κ3) is 5.20. The van der Waals surface area contributed by atoms with Crippen LogP contribution in [0.25, 0.3) is 0 Å². The molecule has 10 nitrogen and oxygen atoms in total. The summed E-state index contributed by atoms with van der Waals surface area (Å²) in [4.78, 5) is 23.5. The summed E-state index contributed by atoms with van der Waals surface area (Å²) < 4.78 is 21.3. The van der Waals surface area contributed by atoms with Crippen LogP contribution in [-0.4, -0.2) is 63.6 Å². The summed E-state index contributed by atoms with van der Waals surface area (Å²) >= 11 is 0. The van der Waals surface area contributed by atoms with Gasteiger partial charge in [0.15, 0.2) is 11.5 Å². The van der Waals surface area contributed by atoms with Crippen LogP contribution in [0.4, 0.5) is 16.3 Å². The number of benzene rings is 1. The summed E-state index contributed by atoms with van der Waals surface area (Å²) in [6, 6.07) is 4.84. The number of anilines is 2. The second kappa shape index (κ2) is 9.97. The fourth-order valence-electron chi connectivity index (χ4n) is 3.13. The fraction of sp³-hybridized carbons (Fsp3) is 0.450. The quantitative estimate of drug-likeness (QED) is 0.704. The maximum atomic E-state index is 12.4. The van der Waals surface area contributed by atoms with Crippen LogP contribution in [-0.2, 0) is 11.3 Å². The van der Waals surface area contributed by atoms with Gasteiger partial charge in [-0.15, -0.1) is 0 Å². The van der Waals surface area contributed by atoms with E-state index in [2.05, 4.69) is 25.5 Å². The lowest BCUT2D eigenvalue weighted by Gasteiger charge is -2.28. The number of amides is 2. The predicted octanol–water partition coefficient (Wildman–Crippen LogP) is 1.97. The lowest BCUT2D eigenvalue weighted by atomic mass is 10.2. The van der Waals surface area contributed by atoms with Crippen LogP contribution in [0.2, 0.25) is 0 Å². The first-order valence-corrected chi connectivity index (χ1v) is 9.56. The summed E-state index contributed by atoms with van der Waals surface area (Å²) in [6.07, 6.45) is 0. The SMILES string of the molecule is COc1cc(NC(=O)NCc2nc(C)cc(N3CCOCC3)n2)cc(OC)c1OC. The van der Waals surface area contributed by atoms with E-state index >= 15 is 0 Å². The van der Waals surface area contributed by atoms with Crippen LogP contribution >= 0.6 is 0 Å². The molecule has 1 aliphatic rings. The Labute approximate surface area is 175 Å². The molecular formula is C20H27N5O5. The lowest BCUT2D eigenvalue weighted by Crippen LogP contribution is -2.37. The molecule has 3 rings (SSSR count). The van der Waals surface area contributed by atoms with E-state index in [0.717, 1.165) is 24.6 Å². The molecule has 2 heterocycles. The Balaban J connectivity index is 1.65. The molecule has 0 atom stereocenters. The molecule has 0 aliphatic carbocycles. The molecule has 2 amide bonds. The van der Waals surface area contributed by atoms with E-state index in [4.69, 9.17) is 18.9 Å². The van der Waals surface area contributed by atoms with Gasteiger partial charge in [0.2, 0.25) is 5.75 Å². The fourth-order valence-corrected chi connectivity index (χ4v) is 3.13. The van der Waals surface area contributed by atoms with Gasteiger partial charge in [-0.25, -0.2) is 14.8 Å². The normalized spacial score (nSPS) is 13.5. The van der Waals surface area contributed by atoms with Crippen molar-refractivity contribution in [3.63, 3.8) is 0 Å². The van der Waals surface area contributed by atoms with Crippen molar-refractivity contribution in [2.45, 2.75) is 13.5 Å². The molecule has 0 saturated carbocycles. The number of methoxy groups -OCH3 is 3. The molecule has 1 aliphatic heterocycles. The minimum atomic E-state index is -0.401. The predicted molar refractivity (Wildman–Crippen MR) is 112 cm³/mol. The Morgan fingerprint density at radius 1 is 1.07 bits per heavy atom. The molecule has 1 aromatic heterocycles. The Hall–Kier alpha value is -3.27. The van der Waals surface area contributed by atoms with Crippen molar-refractivity contribution in [2.75, 3.05) is 57.8 Å². The van der Waals surface area contributed by atoms with Crippen molar-refractivity contribution in [1.82, 2.24) is 15.3 Å². The second-order valence-electron chi connectivity index (χ2n) is 6.60. The van der Waals surface area contributed by atoms with Gasteiger partial charge in [0, 0.05) is 37.0 Å².